The van der Waals surface area contributed by atoms with E-state index in [1.807, 2.05) is 17.8 Å². The standard InChI is InChI=1S/C21H29NO4S.BrH/c1-14(23)25-19-13-16-9-11-22(3)12-10-18(16)21(20(19)26-15(2)24)27-17-7-5-4-6-8-17;/h13,17H,4-12H2,1-3H3;1H. The van der Waals surface area contributed by atoms with Gasteiger partial charge in [-0.05, 0) is 49.9 Å². The van der Waals surface area contributed by atoms with Crippen LogP contribution in [0.4, 0.5) is 0 Å². The summed E-state index contributed by atoms with van der Waals surface area (Å²) >= 11 is 1.81. The average Bonchev–Trinajstić information content (AvgIpc) is 2.80. The molecule has 0 atom stereocenters. The van der Waals surface area contributed by atoms with Crippen molar-refractivity contribution < 1.29 is 19.1 Å². The normalized spacial score (nSPS) is 17.8. The number of hydrogen-bond donors (Lipinski definition) is 0. The molecule has 0 spiro atoms. The molecule has 0 aromatic heterocycles. The molecule has 156 valence electrons. The minimum absolute atomic E-state index is 0. The minimum atomic E-state index is -0.400. The van der Waals surface area contributed by atoms with E-state index in [2.05, 4.69) is 11.9 Å². The highest BCUT2D eigenvalue weighted by atomic mass is 79.9. The third-order valence-electron chi connectivity index (χ3n) is 5.24. The number of nitrogens with zero attached hydrogens (tertiary/aromatic N) is 1. The second kappa shape index (κ2) is 10.6. The molecule has 3 rings (SSSR count). The van der Waals surface area contributed by atoms with Crippen molar-refractivity contribution in [3.63, 3.8) is 0 Å². The summed E-state index contributed by atoms with van der Waals surface area (Å²) in [6, 6.07) is 1.90. The summed E-state index contributed by atoms with van der Waals surface area (Å²) in [6.45, 7) is 4.71. The van der Waals surface area contributed by atoms with Gasteiger partial charge in [-0.2, -0.15) is 0 Å². The number of carbonyl (C=O) groups is 2. The molecule has 1 heterocycles. The van der Waals surface area contributed by atoms with Gasteiger partial charge < -0.3 is 14.4 Å². The van der Waals surface area contributed by atoms with E-state index in [4.69, 9.17) is 9.47 Å². The van der Waals surface area contributed by atoms with Gasteiger partial charge in [0.05, 0.1) is 4.90 Å². The van der Waals surface area contributed by atoms with Gasteiger partial charge in [0.25, 0.3) is 0 Å². The first-order chi connectivity index (χ1) is 12.9. The van der Waals surface area contributed by atoms with Crippen molar-refractivity contribution in [3.8, 4) is 11.5 Å². The van der Waals surface area contributed by atoms with Crippen LogP contribution in [0.3, 0.4) is 0 Å². The maximum Gasteiger partial charge on any atom is 0.308 e. The Labute approximate surface area is 182 Å². The molecule has 0 bridgehead atoms. The van der Waals surface area contributed by atoms with Crippen LogP contribution in [0.25, 0.3) is 0 Å². The van der Waals surface area contributed by atoms with Gasteiger partial charge in [-0.1, -0.05) is 19.3 Å². The van der Waals surface area contributed by atoms with Crippen molar-refractivity contribution in [2.24, 2.45) is 0 Å². The second-order valence-electron chi connectivity index (χ2n) is 7.54. The smallest absolute Gasteiger partial charge is 0.308 e. The molecule has 0 amide bonds. The lowest BCUT2D eigenvalue weighted by molar-refractivity contribution is -0.134. The average molecular weight is 472 g/mol. The second-order valence-corrected chi connectivity index (χ2v) is 8.85. The van der Waals surface area contributed by atoms with Crippen LogP contribution >= 0.6 is 28.7 Å². The van der Waals surface area contributed by atoms with Gasteiger partial charge in [-0.25, -0.2) is 0 Å². The molecule has 0 unspecified atom stereocenters. The predicted octanol–water partition coefficient (Wildman–Crippen LogP) is 4.57. The van der Waals surface area contributed by atoms with E-state index < -0.39 is 5.97 Å². The summed E-state index contributed by atoms with van der Waals surface area (Å²) in [4.78, 5) is 26.8. The van der Waals surface area contributed by atoms with Crippen molar-refractivity contribution in [1.82, 2.24) is 4.90 Å². The Balaban J connectivity index is 0.00000280. The van der Waals surface area contributed by atoms with E-state index in [0.29, 0.717) is 16.7 Å². The Morgan fingerprint density at radius 3 is 2.32 bits per heavy atom. The van der Waals surface area contributed by atoms with Gasteiger partial charge >= 0.3 is 11.9 Å². The molecule has 1 fully saturated rings. The number of benzene rings is 1. The number of likely N-dealkylation sites (N-methyl/N-ethyl adjacent to an activating group) is 1. The van der Waals surface area contributed by atoms with Crippen LogP contribution in [0.2, 0.25) is 0 Å². The maximum absolute atomic E-state index is 11.8. The fourth-order valence-corrected chi connectivity index (χ4v) is 5.40. The molecular formula is C21H30BrNO4S. The van der Waals surface area contributed by atoms with Gasteiger partial charge in [-0.3, -0.25) is 9.59 Å². The van der Waals surface area contributed by atoms with Crippen LogP contribution in [0, 0.1) is 0 Å². The van der Waals surface area contributed by atoms with Crippen molar-refractivity contribution in [1.29, 1.82) is 0 Å². The third-order valence-corrected chi connectivity index (χ3v) is 6.71. The number of fused-ring (bicyclic) bond motifs is 1. The molecule has 2 aliphatic rings. The van der Waals surface area contributed by atoms with E-state index in [0.717, 1.165) is 30.8 Å². The zero-order valence-corrected chi connectivity index (χ0v) is 19.4. The first kappa shape index (κ1) is 23.2. The molecule has 0 radical (unpaired) electrons. The summed E-state index contributed by atoms with van der Waals surface area (Å²) in [6.07, 6.45) is 7.95. The molecule has 7 heteroatoms. The molecule has 0 N–H and O–H groups in total. The zero-order chi connectivity index (χ0) is 19.4. The first-order valence-corrected chi connectivity index (χ1v) is 10.7. The lowest BCUT2D eigenvalue weighted by Crippen LogP contribution is -2.20. The first-order valence-electron chi connectivity index (χ1n) is 9.85. The largest absolute Gasteiger partial charge is 0.423 e. The van der Waals surface area contributed by atoms with Gasteiger partial charge in [0.2, 0.25) is 0 Å². The van der Waals surface area contributed by atoms with Crippen LogP contribution < -0.4 is 9.47 Å². The van der Waals surface area contributed by atoms with Crippen LogP contribution in [0.1, 0.15) is 57.1 Å². The Morgan fingerprint density at radius 1 is 1.04 bits per heavy atom. The number of esters is 2. The van der Waals surface area contributed by atoms with Crippen LogP contribution in [-0.4, -0.2) is 42.2 Å². The highest BCUT2D eigenvalue weighted by molar-refractivity contribution is 8.93. The van der Waals surface area contributed by atoms with Gasteiger partial charge in [0, 0.05) is 32.2 Å². The molecule has 1 aliphatic heterocycles. The topological polar surface area (TPSA) is 55.8 Å². The predicted molar refractivity (Wildman–Crippen MR) is 117 cm³/mol. The van der Waals surface area contributed by atoms with Crippen molar-refractivity contribution in [2.75, 3.05) is 20.1 Å². The molecule has 1 aliphatic carbocycles. The number of rotatable bonds is 4. The fourth-order valence-electron chi connectivity index (χ4n) is 3.87. The highest BCUT2D eigenvalue weighted by Crippen LogP contribution is 2.47. The van der Waals surface area contributed by atoms with E-state index in [9.17, 15) is 9.59 Å². The monoisotopic (exact) mass is 471 g/mol. The molecule has 5 nitrogen and oxygen atoms in total. The van der Waals surface area contributed by atoms with E-state index >= 15 is 0 Å². The molecule has 1 aromatic carbocycles. The summed E-state index contributed by atoms with van der Waals surface area (Å²) in [5.41, 5.74) is 2.45. The number of ether oxygens (including phenoxy) is 2. The lowest BCUT2D eigenvalue weighted by Gasteiger charge is -2.25. The lowest BCUT2D eigenvalue weighted by atomic mass is 10.0. The Kier molecular flexibility index (Phi) is 8.83. The van der Waals surface area contributed by atoms with Gasteiger partial charge in [0.1, 0.15) is 0 Å². The van der Waals surface area contributed by atoms with Gasteiger partial charge in [0.15, 0.2) is 11.5 Å². The fraction of sp³-hybridized carbons (Fsp3) is 0.619. The Bertz CT molecular complexity index is 719. The van der Waals surface area contributed by atoms with E-state index in [1.54, 1.807) is 0 Å². The van der Waals surface area contributed by atoms with Crippen LogP contribution in [0.15, 0.2) is 11.0 Å². The number of hydrogen-bond acceptors (Lipinski definition) is 6. The zero-order valence-electron chi connectivity index (χ0n) is 16.9. The number of carbonyl (C=O) groups excluding carboxylic acids is 2. The van der Waals surface area contributed by atoms with Crippen molar-refractivity contribution in [3.05, 3.63) is 17.2 Å². The Hall–Kier alpha value is -1.05. The molecule has 1 saturated carbocycles. The third kappa shape index (κ3) is 5.97. The van der Waals surface area contributed by atoms with Crippen molar-refractivity contribution >= 4 is 40.7 Å². The SMILES string of the molecule is Br.CC(=O)Oc1cc2c(c(SC3CCCCC3)c1OC(C)=O)CCN(C)CC2. The van der Waals surface area contributed by atoms with E-state index in [1.165, 1.54) is 57.1 Å². The maximum atomic E-state index is 11.8. The van der Waals surface area contributed by atoms with E-state index in [-0.39, 0.29) is 23.0 Å². The Morgan fingerprint density at radius 2 is 1.68 bits per heavy atom. The molecule has 1 aromatic rings. The molecule has 28 heavy (non-hydrogen) atoms. The highest BCUT2D eigenvalue weighted by Gasteiger charge is 2.27. The minimum Gasteiger partial charge on any atom is -0.423 e. The number of thioether (sulfide) groups is 1. The summed E-state index contributed by atoms with van der Waals surface area (Å²) in [5.74, 6) is 0.0122. The van der Waals surface area contributed by atoms with Crippen molar-refractivity contribution in [2.45, 2.75) is 68.9 Å². The quantitative estimate of drug-likeness (QED) is 0.473. The molecule has 0 saturated heterocycles. The summed E-state index contributed by atoms with van der Waals surface area (Å²) in [5, 5.41) is 0.519. The van der Waals surface area contributed by atoms with Gasteiger partial charge in [-0.15, -0.1) is 28.7 Å². The molecular weight excluding hydrogens is 442 g/mol. The number of halogens is 1. The summed E-state index contributed by atoms with van der Waals surface area (Å²) < 4.78 is 11.1. The van der Waals surface area contributed by atoms with Crippen LogP contribution in [-0.2, 0) is 22.4 Å². The van der Waals surface area contributed by atoms with Crippen LogP contribution in [0.5, 0.6) is 11.5 Å². The summed E-state index contributed by atoms with van der Waals surface area (Å²) in [7, 11) is 2.12.